The Bertz CT molecular complexity index is 445. The molecule has 1 atom stereocenters. The zero-order chi connectivity index (χ0) is 13.7. The lowest BCUT2D eigenvalue weighted by atomic mass is 9.97. The number of amides is 1. The number of benzene rings is 1. The molecule has 0 aromatic heterocycles. The van der Waals surface area contributed by atoms with Crippen LogP contribution in [0.3, 0.4) is 0 Å². The zero-order valence-corrected chi connectivity index (χ0v) is 12.4. The number of hydrogen-bond acceptors (Lipinski definition) is 3. The molecule has 104 valence electrons. The molecule has 1 aliphatic rings. The minimum absolute atomic E-state index is 0.421. The SMILES string of the molecule is NC(=O)c1c(Br)cccc1OCCC1CCCNC1. The monoisotopic (exact) mass is 326 g/mol. The van der Waals surface area contributed by atoms with E-state index in [-0.39, 0.29) is 0 Å². The van der Waals surface area contributed by atoms with E-state index in [4.69, 9.17) is 10.5 Å². The Morgan fingerprint density at radius 3 is 3.05 bits per heavy atom. The molecule has 2 rings (SSSR count). The van der Waals surface area contributed by atoms with Crippen molar-refractivity contribution in [3.05, 3.63) is 28.2 Å². The molecule has 1 aromatic rings. The van der Waals surface area contributed by atoms with E-state index >= 15 is 0 Å². The Morgan fingerprint density at radius 2 is 2.37 bits per heavy atom. The fraction of sp³-hybridized carbons (Fsp3) is 0.500. The van der Waals surface area contributed by atoms with Crippen LogP contribution >= 0.6 is 15.9 Å². The van der Waals surface area contributed by atoms with Gasteiger partial charge in [-0.15, -0.1) is 0 Å². The average molecular weight is 327 g/mol. The number of nitrogens with two attached hydrogens (primary N) is 1. The van der Waals surface area contributed by atoms with Gasteiger partial charge in [0.05, 0.1) is 12.2 Å². The summed E-state index contributed by atoms with van der Waals surface area (Å²) in [5, 5.41) is 3.39. The maximum atomic E-state index is 11.4. The van der Waals surface area contributed by atoms with Crippen LogP contribution in [0.25, 0.3) is 0 Å². The maximum Gasteiger partial charge on any atom is 0.253 e. The number of piperidine rings is 1. The quantitative estimate of drug-likeness (QED) is 0.872. The maximum absolute atomic E-state index is 11.4. The molecule has 1 saturated heterocycles. The van der Waals surface area contributed by atoms with Crippen molar-refractivity contribution in [1.82, 2.24) is 5.32 Å². The molecule has 3 N–H and O–H groups in total. The van der Waals surface area contributed by atoms with Gasteiger partial charge in [-0.1, -0.05) is 6.07 Å². The molecule has 19 heavy (non-hydrogen) atoms. The standard InChI is InChI=1S/C14H19BrN2O2/c15-11-4-1-5-12(13(11)14(16)18)19-8-6-10-3-2-7-17-9-10/h1,4-5,10,17H,2-3,6-9H2,(H2,16,18). The van der Waals surface area contributed by atoms with Crippen molar-refractivity contribution >= 4 is 21.8 Å². The van der Waals surface area contributed by atoms with Crippen LogP contribution in [0.4, 0.5) is 0 Å². The van der Waals surface area contributed by atoms with E-state index in [9.17, 15) is 4.79 Å². The molecule has 0 spiro atoms. The van der Waals surface area contributed by atoms with Crippen molar-refractivity contribution in [3.8, 4) is 5.75 Å². The highest BCUT2D eigenvalue weighted by molar-refractivity contribution is 9.10. The molecule has 0 bridgehead atoms. The van der Waals surface area contributed by atoms with Crippen LogP contribution in [-0.2, 0) is 0 Å². The molecule has 1 amide bonds. The van der Waals surface area contributed by atoms with Crippen molar-refractivity contribution < 1.29 is 9.53 Å². The molecule has 1 heterocycles. The van der Waals surface area contributed by atoms with Crippen LogP contribution in [0.15, 0.2) is 22.7 Å². The fourth-order valence-electron chi connectivity index (χ4n) is 2.37. The highest BCUT2D eigenvalue weighted by atomic mass is 79.9. The summed E-state index contributed by atoms with van der Waals surface area (Å²) >= 11 is 3.33. The lowest BCUT2D eigenvalue weighted by Gasteiger charge is -2.22. The second-order valence-corrected chi connectivity index (χ2v) is 5.68. The Balaban J connectivity index is 1.92. The predicted molar refractivity (Wildman–Crippen MR) is 78.4 cm³/mol. The molecule has 0 radical (unpaired) electrons. The minimum atomic E-state index is -0.471. The van der Waals surface area contributed by atoms with E-state index in [2.05, 4.69) is 21.2 Å². The van der Waals surface area contributed by atoms with Crippen molar-refractivity contribution in [2.24, 2.45) is 11.7 Å². The van der Waals surface area contributed by atoms with Crippen LogP contribution in [0.5, 0.6) is 5.75 Å². The Morgan fingerprint density at radius 1 is 1.53 bits per heavy atom. The van der Waals surface area contributed by atoms with Gasteiger partial charge in [-0.05, 0) is 66.3 Å². The van der Waals surface area contributed by atoms with Gasteiger partial charge in [0.15, 0.2) is 0 Å². The lowest BCUT2D eigenvalue weighted by Crippen LogP contribution is -2.30. The van der Waals surface area contributed by atoms with E-state index in [0.717, 1.165) is 19.5 Å². The molecule has 0 aliphatic carbocycles. The smallest absolute Gasteiger partial charge is 0.253 e. The summed E-state index contributed by atoms with van der Waals surface area (Å²) in [6, 6.07) is 5.41. The van der Waals surface area contributed by atoms with E-state index in [1.165, 1.54) is 12.8 Å². The Hall–Kier alpha value is -1.07. The second kappa shape index (κ2) is 6.91. The summed E-state index contributed by atoms with van der Waals surface area (Å²) in [7, 11) is 0. The summed E-state index contributed by atoms with van der Waals surface area (Å²) in [5.74, 6) is 0.755. The topological polar surface area (TPSA) is 64.4 Å². The summed E-state index contributed by atoms with van der Waals surface area (Å²) in [6.07, 6.45) is 3.48. The average Bonchev–Trinajstić information content (AvgIpc) is 2.39. The highest BCUT2D eigenvalue weighted by Gasteiger charge is 2.15. The van der Waals surface area contributed by atoms with Gasteiger partial charge in [0, 0.05) is 4.47 Å². The Labute approximate surface area is 121 Å². The van der Waals surface area contributed by atoms with Gasteiger partial charge in [0.2, 0.25) is 0 Å². The van der Waals surface area contributed by atoms with Crippen molar-refractivity contribution in [1.29, 1.82) is 0 Å². The molecule has 0 saturated carbocycles. The highest BCUT2D eigenvalue weighted by Crippen LogP contribution is 2.26. The van der Waals surface area contributed by atoms with E-state index in [1.807, 2.05) is 6.07 Å². The molecule has 5 heteroatoms. The Kier molecular flexibility index (Phi) is 5.22. The van der Waals surface area contributed by atoms with Gasteiger partial charge in [-0.2, -0.15) is 0 Å². The number of carbonyl (C=O) groups excluding carboxylic acids is 1. The predicted octanol–water partition coefficient (Wildman–Crippen LogP) is 2.32. The number of halogens is 1. The molecule has 4 nitrogen and oxygen atoms in total. The summed E-state index contributed by atoms with van der Waals surface area (Å²) in [6.45, 7) is 2.79. The number of rotatable bonds is 5. The molecular formula is C14H19BrN2O2. The van der Waals surface area contributed by atoms with E-state index in [0.29, 0.717) is 28.3 Å². The van der Waals surface area contributed by atoms with Crippen LogP contribution in [0.2, 0.25) is 0 Å². The van der Waals surface area contributed by atoms with E-state index in [1.54, 1.807) is 12.1 Å². The minimum Gasteiger partial charge on any atom is -0.493 e. The largest absolute Gasteiger partial charge is 0.493 e. The van der Waals surface area contributed by atoms with Crippen molar-refractivity contribution in [2.75, 3.05) is 19.7 Å². The number of carbonyl (C=O) groups is 1. The second-order valence-electron chi connectivity index (χ2n) is 4.83. The summed E-state index contributed by atoms with van der Waals surface area (Å²) in [4.78, 5) is 11.4. The third-order valence-electron chi connectivity index (χ3n) is 3.40. The number of nitrogens with one attached hydrogen (secondary N) is 1. The molecule has 1 aliphatic heterocycles. The van der Waals surface area contributed by atoms with Gasteiger partial charge in [0.25, 0.3) is 5.91 Å². The lowest BCUT2D eigenvalue weighted by molar-refractivity contribution is 0.0995. The number of primary amides is 1. The van der Waals surface area contributed by atoms with Crippen molar-refractivity contribution in [2.45, 2.75) is 19.3 Å². The third-order valence-corrected chi connectivity index (χ3v) is 4.07. The summed E-state index contributed by atoms with van der Waals surface area (Å²) < 4.78 is 6.40. The van der Waals surface area contributed by atoms with Crippen LogP contribution in [-0.4, -0.2) is 25.6 Å². The van der Waals surface area contributed by atoms with Crippen molar-refractivity contribution in [3.63, 3.8) is 0 Å². The molecular weight excluding hydrogens is 308 g/mol. The first-order chi connectivity index (χ1) is 9.18. The van der Waals surface area contributed by atoms with Crippen LogP contribution in [0, 0.1) is 5.92 Å². The number of ether oxygens (including phenoxy) is 1. The number of hydrogen-bond donors (Lipinski definition) is 2. The first-order valence-electron chi connectivity index (χ1n) is 6.60. The van der Waals surface area contributed by atoms with Gasteiger partial charge < -0.3 is 15.8 Å². The molecule has 1 unspecified atom stereocenters. The van der Waals surface area contributed by atoms with Gasteiger partial charge in [-0.25, -0.2) is 0 Å². The van der Waals surface area contributed by atoms with Gasteiger partial charge >= 0.3 is 0 Å². The van der Waals surface area contributed by atoms with Gasteiger partial charge in [0.1, 0.15) is 5.75 Å². The molecule has 1 fully saturated rings. The normalized spacial score (nSPS) is 19.1. The van der Waals surface area contributed by atoms with Gasteiger partial charge in [-0.3, -0.25) is 4.79 Å². The first kappa shape index (κ1) is 14.3. The van der Waals surface area contributed by atoms with Crippen LogP contribution < -0.4 is 15.8 Å². The molecule has 1 aromatic carbocycles. The fourth-order valence-corrected chi connectivity index (χ4v) is 2.91. The van der Waals surface area contributed by atoms with E-state index < -0.39 is 5.91 Å². The van der Waals surface area contributed by atoms with Crippen LogP contribution in [0.1, 0.15) is 29.6 Å². The zero-order valence-electron chi connectivity index (χ0n) is 10.8. The third kappa shape index (κ3) is 3.94. The first-order valence-corrected chi connectivity index (χ1v) is 7.39. The summed E-state index contributed by atoms with van der Waals surface area (Å²) in [5.41, 5.74) is 5.79.